The van der Waals surface area contributed by atoms with Crippen molar-refractivity contribution in [2.45, 2.75) is 39.2 Å². The van der Waals surface area contributed by atoms with E-state index in [1.54, 1.807) is 12.1 Å². The van der Waals surface area contributed by atoms with Crippen LogP contribution in [0.3, 0.4) is 0 Å². The Bertz CT molecular complexity index is 883. The van der Waals surface area contributed by atoms with E-state index in [2.05, 4.69) is 19.2 Å². The van der Waals surface area contributed by atoms with Gasteiger partial charge in [0.15, 0.2) is 18.5 Å². The number of esters is 1. The zero-order chi connectivity index (χ0) is 21.4. The number of nitrogens with one attached hydrogen (secondary N) is 1. The van der Waals surface area contributed by atoms with Crippen molar-refractivity contribution >= 4 is 23.3 Å². The van der Waals surface area contributed by atoms with Crippen LogP contribution in [0.25, 0.3) is 0 Å². The number of carbonyl (C=O) groups is 2. The Morgan fingerprint density at radius 1 is 1.10 bits per heavy atom. The summed E-state index contributed by atoms with van der Waals surface area (Å²) < 4.78 is 10.3. The van der Waals surface area contributed by atoms with Crippen molar-refractivity contribution in [3.05, 3.63) is 64.2 Å². The minimum atomic E-state index is -1.05. The highest BCUT2D eigenvalue weighted by molar-refractivity contribution is 5.95. The Hall–Kier alpha value is -3.42. The summed E-state index contributed by atoms with van der Waals surface area (Å²) in [4.78, 5) is 34.8. The van der Waals surface area contributed by atoms with Crippen molar-refractivity contribution in [2.75, 3.05) is 11.9 Å². The van der Waals surface area contributed by atoms with Crippen LogP contribution < -0.4 is 10.1 Å². The Labute approximate surface area is 169 Å². The molecule has 2 rings (SSSR count). The van der Waals surface area contributed by atoms with E-state index in [1.807, 2.05) is 18.2 Å². The first-order valence-electron chi connectivity index (χ1n) is 9.29. The fraction of sp³-hybridized carbons (Fsp3) is 0.333. The van der Waals surface area contributed by atoms with Crippen LogP contribution in [0.5, 0.6) is 5.75 Å². The molecule has 8 nitrogen and oxygen atoms in total. The first-order chi connectivity index (χ1) is 13.8. The van der Waals surface area contributed by atoms with Gasteiger partial charge in [0.05, 0.1) is 4.92 Å². The summed E-state index contributed by atoms with van der Waals surface area (Å²) in [5.74, 6) is -1.06. The molecule has 1 N–H and O–H groups in total. The molecule has 0 aromatic heterocycles. The highest BCUT2D eigenvalue weighted by Gasteiger charge is 2.21. The molecule has 0 aliphatic carbocycles. The number of nitro benzene ring substituents is 1. The number of ether oxygens (including phenoxy) is 2. The Morgan fingerprint density at radius 2 is 1.76 bits per heavy atom. The molecular weight excluding hydrogens is 376 g/mol. The molecule has 0 unspecified atom stereocenters. The minimum Gasteiger partial charge on any atom is -0.475 e. The SMILES string of the molecule is CC[C@H](C)c1ccccc1NC(=O)[C@@H](C)OC(=O)COc1ccccc1[N+](=O)[O-]. The molecule has 0 radical (unpaired) electrons. The summed E-state index contributed by atoms with van der Waals surface area (Å²) in [6.07, 6.45) is -0.137. The molecule has 0 heterocycles. The van der Waals surface area contributed by atoms with Gasteiger partial charge in [0, 0.05) is 11.8 Å². The maximum absolute atomic E-state index is 12.4. The van der Waals surface area contributed by atoms with Gasteiger partial charge in [-0.1, -0.05) is 44.2 Å². The lowest BCUT2D eigenvalue weighted by Gasteiger charge is -2.18. The van der Waals surface area contributed by atoms with Gasteiger partial charge in [-0.25, -0.2) is 4.79 Å². The lowest BCUT2D eigenvalue weighted by molar-refractivity contribution is -0.385. The van der Waals surface area contributed by atoms with Crippen LogP contribution in [0.15, 0.2) is 48.5 Å². The molecule has 2 aromatic carbocycles. The molecule has 0 saturated carbocycles. The second-order valence-corrected chi connectivity index (χ2v) is 6.53. The van der Waals surface area contributed by atoms with Gasteiger partial charge < -0.3 is 14.8 Å². The highest BCUT2D eigenvalue weighted by atomic mass is 16.6. The van der Waals surface area contributed by atoms with Gasteiger partial charge in [-0.3, -0.25) is 14.9 Å². The maximum Gasteiger partial charge on any atom is 0.344 e. The highest BCUT2D eigenvalue weighted by Crippen LogP contribution is 2.27. The summed E-state index contributed by atoms with van der Waals surface area (Å²) in [6, 6.07) is 13.2. The molecule has 2 aromatic rings. The third-order valence-electron chi connectivity index (χ3n) is 4.45. The summed E-state index contributed by atoms with van der Waals surface area (Å²) in [6.45, 7) is 5.02. The number of nitro groups is 1. The fourth-order valence-corrected chi connectivity index (χ4v) is 2.65. The Kier molecular flexibility index (Phi) is 7.70. The van der Waals surface area contributed by atoms with Crippen LogP contribution >= 0.6 is 0 Å². The fourth-order valence-electron chi connectivity index (χ4n) is 2.65. The third kappa shape index (κ3) is 6.03. The average molecular weight is 400 g/mol. The van der Waals surface area contributed by atoms with Gasteiger partial charge in [-0.15, -0.1) is 0 Å². The number of para-hydroxylation sites is 3. The first-order valence-corrected chi connectivity index (χ1v) is 9.29. The summed E-state index contributed by atoms with van der Waals surface area (Å²) in [7, 11) is 0. The first kappa shape index (κ1) is 21.9. The smallest absolute Gasteiger partial charge is 0.344 e. The van der Waals surface area contributed by atoms with Gasteiger partial charge in [0.1, 0.15) is 0 Å². The average Bonchev–Trinajstić information content (AvgIpc) is 2.72. The summed E-state index contributed by atoms with van der Waals surface area (Å²) >= 11 is 0. The minimum absolute atomic E-state index is 0.0472. The number of rotatable bonds is 9. The normalized spacial score (nSPS) is 12.5. The van der Waals surface area contributed by atoms with Crippen molar-refractivity contribution < 1.29 is 24.0 Å². The van der Waals surface area contributed by atoms with E-state index in [9.17, 15) is 19.7 Å². The number of hydrogen-bond donors (Lipinski definition) is 1. The molecule has 8 heteroatoms. The van der Waals surface area contributed by atoms with Crippen LogP contribution in [0.2, 0.25) is 0 Å². The van der Waals surface area contributed by atoms with Gasteiger partial charge in [-0.2, -0.15) is 0 Å². The number of carbonyl (C=O) groups excluding carboxylic acids is 2. The summed E-state index contributed by atoms with van der Waals surface area (Å²) in [5.41, 5.74) is 1.42. The predicted octanol–water partition coefficient (Wildman–Crippen LogP) is 4.06. The van der Waals surface area contributed by atoms with E-state index in [4.69, 9.17) is 9.47 Å². The maximum atomic E-state index is 12.4. The quantitative estimate of drug-likeness (QED) is 0.386. The topological polar surface area (TPSA) is 108 Å². The molecule has 0 aliphatic rings. The number of benzene rings is 2. The van der Waals surface area contributed by atoms with Crippen molar-refractivity contribution in [3.63, 3.8) is 0 Å². The van der Waals surface area contributed by atoms with Crippen LogP contribution in [-0.2, 0) is 14.3 Å². The van der Waals surface area contributed by atoms with Crippen LogP contribution in [-0.4, -0.2) is 29.5 Å². The van der Waals surface area contributed by atoms with Crippen LogP contribution in [0.4, 0.5) is 11.4 Å². The second kappa shape index (κ2) is 10.2. The van der Waals surface area contributed by atoms with Gasteiger partial charge in [-0.05, 0) is 37.0 Å². The lowest BCUT2D eigenvalue weighted by Crippen LogP contribution is -2.32. The van der Waals surface area contributed by atoms with Gasteiger partial charge >= 0.3 is 11.7 Å². The Morgan fingerprint density at radius 3 is 2.45 bits per heavy atom. The number of nitrogens with zero attached hydrogens (tertiary/aromatic N) is 1. The van der Waals surface area contributed by atoms with E-state index in [-0.39, 0.29) is 17.4 Å². The number of hydrogen-bond acceptors (Lipinski definition) is 6. The Balaban J connectivity index is 1.93. The van der Waals surface area contributed by atoms with E-state index >= 15 is 0 Å². The largest absolute Gasteiger partial charge is 0.475 e. The molecule has 0 bridgehead atoms. The van der Waals surface area contributed by atoms with Crippen molar-refractivity contribution in [2.24, 2.45) is 0 Å². The molecular formula is C21H24N2O6. The molecule has 29 heavy (non-hydrogen) atoms. The molecule has 0 saturated heterocycles. The van der Waals surface area contributed by atoms with Crippen molar-refractivity contribution in [1.29, 1.82) is 0 Å². The van der Waals surface area contributed by atoms with E-state index in [0.717, 1.165) is 12.0 Å². The summed E-state index contributed by atoms with van der Waals surface area (Å²) in [5, 5.41) is 13.7. The lowest BCUT2D eigenvalue weighted by atomic mass is 9.97. The standard InChI is InChI=1S/C21H24N2O6/c1-4-14(2)16-9-5-6-10-17(16)22-21(25)15(3)29-20(24)13-28-19-12-8-7-11-18(19)23(26)27/h5-12,14-15H,4,13H2,1-3H3,(H,22,25)/t14-,15+/m0/s1. The third-order valence-corrected chi connectivity index (χ3v) is 4.45. The van der Waals surface area contributed by atoms with Crippen molar-refractivity contribution in [3.8, 4) is 5.75 Å². The van der Waals surface area contributed by atoms with E-state index in [0.29, 0.717) is 5.69 Å². The molecule has 2 atom stereocenters. The molecule has 154 valence electrons. The number of amides is 1. The van der Waals surface area contributed by atoms with Crippen LogP contribution in [0.1, 0.15) is 38.7 Å². The number of anilines is 1. The second-order valence-electron chi connectivity index (χ2n) is 6.53. The zero-order valence-corrected chi connectivity index (χ0v) is 16.6. The monoisotopic (exact) mass is 400 g/mol. The predicted molar refractivity (Wildman–Crippen MR) is 108 cm³/mol. The molecule has 1 amide bonds. The van der Waals surface area contributed by atoms with Crippen LogP contribution in [0, 0.1) is 10.1 Å². The van der Waals surface area contributed by atoms with E-state index in [1.165, 1.54) is 25.1 Å². The molecule has 0 spiro atoms. The van der Waals surface area contributed by atoms with Gasteiger partial charge in [0.2, 0.25) is 0 Å². The zero-order valence-electron chi connectivity index (χ0n) is 16.6. The molecule has 0 aliphatic heterocycles. The van der Waals surface area contributed by atoms with Crippen molar-refractivity contribution in [1.82, 2.24) is 0 Å². The van der Waals surface area contributed by atoms with Gasteiger partial charge in [0.25, 0.3) is 5.91 Å². The van der Waals surface area contributed by atoms with E-state index < -0.39 is 29.5 Å². The molecule has 0 fully saturated rings.